The maximum Gasteiger partial charge on any atom is 0.230 e. The molecule has 5 heterocycles. The number of ether oxygens (including phenoxy) is 2. The number of hydrogen-bond donors (Lipinski definition) is 2. The van der Waals surface area contributed by atoms with E-state index in [1.54, 1.807) is 0 Å². The van der Waals surface area contributed by atoms with Crippen molar-refractivity contribution in [1.29, 1.82) is 0 Å². The lowest BCUT2D eigenvalue weighted by Crippen LogP contribution is -2.47. The van der Waals surface area contributed by atoms with Gasteiger partial charge in [0.25, 0.3) is 0 Å². The number of nitrogens with one attached hydrogen (secondary N) is 2. The lowest BCUT2D eigenvalue weighted by molar-refractivity contribution is -0.137. The number of aromatic nitrogens is 1. The van der Waals surface area contributed by atoms with Gasteiger partial charge in [0, 0.05) is 49.8 Å². The van der Waals surface area contributed by atoms with Crippen molar-refractivity contribution < 1.29 is 19.1 Å². The number of hydrogen-bond acceptors (Lipinski definition) is 5. The number of rotatable bonds is 7. The predicted molar refractivity (Wildman–Crippen MR) is 123 cm³/mol. The molecule has 0 unspecified atom stereocenters. The highest BCUT2D eigenvalue weighted by molar-refractivity contribution is 5.93. The molecule has 4 aliphatic heterocycles. The fraction of sp³-hybridized carbons (Fsp3) is 0.520. The molecule has 2 aromatic rings. The molecular formula is C25H30N4O4. The number of fused-ring (bicyclic) bond motifs is 2. The first-order valence-electron chi connectivity index (χ1n) is 11.9. The van der Waals surface area contributed by atoms with E-state index in [-0.39, 0.29) is 17.9 Å². The molecule has 2 bridgehead atoms. The number of carbonyl (C=O) groups excluding carboxylic acids is 2. The van der Waals surface area contributed by atoms with Crippen LogP contribution in [0.3, 0.4) is 0 Å². The highest BCUT2D eigenvalue weighted by Crippen LogP contribution is 2.51. The van der Waals surface area contributed by atoms with Crippen LogP contribution in [0.5, 0.6) is 0 Å². The summed E-state index contributed by atoms with van der Waals surface area (Å²) in [5.41, 5.74) is 1.65. The topological polar surface area (TPSA) is 86.9 Å². The summed E-state index contributed by atoms with van der Waals surface area (Å²) in [5, 5.41) is 4.26. The van der Waals surface area contributed by atoms with Gasteiger partial charge in [0.2, 0.25) is 11.8 Å². The van der Waals surface area contributed by atoms with Crippen LogP contribution in [0, 0.1) is 11.8 Å². The molecule has 6 rings (SSSR count). The quantitative estimate of drug-likeness (QED) is 0.614. The van der Waals surface area contributed by atoms with Gasteiger partial charge in [-0.2, -0.15) is 0 Å². The number of carbonyl (C=O) groups is 2. The van der Waals surface area contributed by atoms with Crippen molar-refractivity contribution in [3.8, 4) is 0 Å². The summed E-state index contributed by atoms with van der Waals surface area (Å²) in [5.74, 6) is -0.921. The van der Waals surface area contributed by atoms with E-state index in [0.717, 1.165) is 44.8 Å². The molecule has 2 amide bonds. The Bertz CT molecular complexity index is 1090. The number of H-pyrrole nitrogens is 1. The molecule has 8 heteroatoms. The van der Waals surface area contributed by atoms with Crippen molar-refractivity contribution in [3.63, 3.8) is 0 Å². The third kappa shape index (κ3) is 3.57. The maximum atomic E-state index is 13.4. The Morgan fingerprint density at radius 2 is 2.06 bits per heavy atom. The zero-order valence-corrected chi connectivity index (χ0v) is 18.7. The first kappa shape index (κ1) is 20.9. The molecule has 174 valence electrons. The fourth-order valence-electron chi connectivity index (χ4n) is 5.94. The Morgan fingerprint density at radius 1 is 1.21 bits per heavy atom. The van der Waals surface area contributed by atoms with Gasteiger partial charge in [0.15, 0.2) is 0 Å². The van der Waals surface area contributed by atoms with Crippen molar-refractivity contribution in [2.75, 3.05) is 52.5 Å². The standard InChI is InChI=1S/C25H30N4O4/c30-23(26-8-10-28-11-13-32-14-12-28)21-20-5-7-25(33-20)16-29(24(31)22(21)25)9-6-17-15-27-19-4-2-1-3-18(17)19/h1-5,7,15,20-22,27H,6,8-14,16H2,(H,26,30)/t20-,21+,22-,25-/m0/s1. The molecule has 1 spiro atoms. The van der Waals surface area contributed by atoms with E-state index in [1.165, 1.54) is 10.9 Å². The third-order valence-corrected chi connectivity index (χ3v) is 7.64. The number of para-hydroxylation sites is 1. The predicted octanol–water partition coefficient (Wildman–Crippen LogP) is 0.941. The molecular weight excluding hydrogens is 420 g/mol. The van der Waals surface area contributed by atoms with Crippen LogP contribution < -0.4 is 5.32 Å². The zero-order chi connectivity index (χ0) is 22.4. The second-order valence-electron chi connectivity index (χ2n) is 9.51. The van der Waals surface area contributed by atoms with Crippen LogP contribution >= 0.6 is 0 Å². The fourth-order valence-corrected chi connectivity index (χ4v) is 5.94. The van der Waals surface area contributed by atoms with E-state index in [9.17, 15) is 9.59 Å². The average molecular weight is 451 g/mol. The zero-order valence-electron chi connectivity index (χ0n) is 18.7. The van der Waals surface area contributed by atoms with Crippen molar-refractivity contribution in [2.45, 2.75) is 18.1 Å². The van der Waals surface area contributed by atoms with Crippen LogP contribution in [-0.2, 0) is 25.5 Å². The molecule has 8 nitrogen and oxygen atoms in total. The molecule has 3 fully saturated rings. The summed E-state index contributed by atoms with van der Waals surface area (Å²) in [6.45, 7) is 5.77. The van der Waals surface area contributed by atoms with Crippen LogP contribution in [0.2, 0.25) is 0 Å². The monoisotopic (exact) mass is 450 g/mol. The van der Waals surface area contributed by atoms with Gasteiger partial charge in [-0.25, -0.2) is 0 Å². The number of morpholine rings is 1. The Hall–Kier alpha value is -2.68. The van der Waals surface area contributed by atoms with Gasteiger partial charge in [0.1, 0.15) is 5.60 Å². The molecule has 4 aliphatic rings. The molecule has 1 aromatic carbocycles. The lowest BCUT2D eigenvalue weighted by Gasteiger charge is -2.27. The maximum absolute atomic E-state index is 13.4. The van der Waals surface area contributed by atoms with Crippen LogP contribution in [-0.4, -0.2) is 90.8 Å². The van der Waals surface area contributed by atoms with E-state index >= 15 is 0 Å². The molecule has 0 radical (unpaired) electrons. The smallest absolute Gasteiger partial charge is 0.230 e. The highest BCUT2D eigenvalue weighted by Gasteiger charge is 2.66. The van der Waals surface area contributed by atoms with E-state index in [1.807, 2.05) is 35.4 Å². The number of aromatic amines is 1. The largest absolute Gasteiger partial charge is 0.379 e. The molecule has 2 N–H and O–H groups in total. The Morgan fingerprint density at radius 3 is 2.94 bits per heavy atom. The minimum atomic E-state index is -0.659. The molecule has 33 heavy (non-hydrogen) atoms. The third-order valence-electron chi connectivity index (χ3n) is 7.64. The summed E-state index contributed by atoms with van der Waals surface area (Å²) >= 11 is 0. The minimum absolute atomic E-state index is 0.0371. The van der Waals surface area contributed by atoms with Crippen LogP contribution in [0.4, 0.5) is 0 Å². The Labute approximate surface area is 192 Å². The summed E-state index contributed by atoms with van der Waals surface area (Å²) in [4.78, 5) is 34.0. The number of benzene rings is 1. The summed E-state index contributed by atoms with van der Waals surface area (Å²) in [6.07, 6.45) is 6.47. The normalized spacial score (nSPS) is 31.0. The van der Waals surface area contributed by atoms with E-state index in [4.69, 9.17) is 9.47 Å². The Balaban J connectivity index is 1.10. The summed E-state index contributed by atoms with van der Waals surface area (Å²) in [7, 11) is 0. The van der Waals surface area contributed by atoms with E-state index in [2.05, 4.69) is 27.3 Å². The van der Waals surface area contributed by atoms with Gasteiger partial charge in [-0.1, -0.05) is 30.4 Å². The minimum Gasteiger partial charge on any atom is -0.379 e. The van der Waals surface area contributed by atoms with Gasteiger partial charge in [-0.05, 0) is 18.1 Å². The Kier molecular flexibility index (Phi) is 5.24. The lowest BCUT2D eigenvalue weighted by atomic mass is 9.77. The first-order chi connectivity index (χ1) is 16.1. The highest BCUT2D eigenvalue weighted by atomic mass is 16.5. The van der Waals surface area contributed by atoms with E-state index < -0.39 is 17.4 Å². The molecule has 0 saturated carbocycles. The summed E-state index contributed by atoms with van der Waals surface area (Å²) in [6, 6.07) is 8.21. The van der Waals surface area contributed by atoms with Crippen molar-refractivity contribution >= 4 is 22.7 Å². The van der Waals surface area contributed by atoms with Gasteiger partial charge in [0.05, 0.1) is 37.7 Å². The van der Waals surface area contributed by atoms with Crippen LogP contribution in [0.25, 0.3) is 10.9 Å². The van der Waals surface area contributed by atoms with Gasteiger partial charge < -0.3 is 24.7 Å². The van der Waals surface area contributed by atoms with Crippen LogP contribution in [0.1, 0.15) is 5.56 Å². The molecule has 0 aliphatic carbocycles. The van der Waals surface area contributed by atoms with Crippen molar-refractivity contribution in [2.24, 2.45) is 11.8 Å². The number of nitrogens with zero attached hydrogens (tertiary/aromatic N) is 2. The SMILES string of the molecule is O=C(NCCN1CCOCC1)[C@@H]1[C@@H]2C=C[C@@]3(CN(CCc4c[nH]c5ccccc45)C(=O)[C@H]13)O2. The van der Waals surface area contributed by atoms with Crippen molar-refractivity contribution in [3.05, 3.63) is 48.2 Å². The number of amides is 2. The first-order valence-corrected chi connectivity index (χ1v) is 11.9. The van der Waals surface area contributed by atoms with E-state index in [0.29, 0.717) is 19.6 Å². The average Bonchev–Trinajstić information content (AvgIpc) is 3.58. The second kappa shape index (κ2) is 8.27. The molecule has 4 atom stereocenters. The van der Waals surface area contributed by atoms with Gasteiger partial charge in [-0.15, -0.1) is 0 Å². The van der Waals surface area contributed by atoms with Crippen LogP contribution in [0.15, 0.2) is 42.6 Å². The summed E-state index contributed by atoms with van der Waals surface area (Å²) < 4.78 is 11.6. The van der Waals surface area contributed by atoms with Crippen molar-refractivity contribution in [1.82, 2.24) is 20.1 Å². The van der Waals surface area contributed by atoms with Gasteiger partial charge in [-0.3, -0.25) is 14.5 Å². The molecule has 3 saturated heterocycles. The number of likely N-dealkylation sites (tertiary alicyclic amines) is 1. The second-order valence-corrected chi connectivity index (χ2v) is 9.51. The van der Waals surface area contributed by atoms with Gasteiger partial charge >= 0.3 is 0 Å². The molecule has 1 aromatic heterocycles.